The van der Waals surface area contributed by atoms with Crippen LogP contribution in [0.3, 0.4) is 0 Å². The first-order valence-corrected chi connectivity index (χ1v) is 11.5. The normalized spacial score (nSPS) is 16.3. The Morgan fingerprint density at radius 2 is 1.61 bits per heavy atom. The fourth-order valence-electron chi connectivity index (χ4n) is 3.56. The molecule has 0 aromatic heterocycles. The van der Waals surface area contributed by atoms with Gasteiger partial charge in [-0.05, 0) is 54.8 Å². The summed E-state index contributed by atoms with van der Waals surface area (Å²) in [6.45, 7) is 0.616. The lowest BCUT2D eigenvalue weighted by molar-refractivity contribution is -0.138. The van der Waals surface area contributed by atoms with Gasteiger partial charge in [-0.1, -0.05) is 23.7 Å². The van der Waals surface area contributed by atoms with E-state index in [9.17, 15) is 26.4 Å². The van der Waals surface area contributed by atoms with E-state index >= 15 is 0 Å². The van der Waals surface area contributed by atoms with Crippen LogP contribution in [0.25, 0.3) is 0 Å². The second-order valence-corrected chi connectivity index (χ2v) is 9.90. The number of carbonyl (C=O) groups excluding carboxylic acids is 1. The number of halogens is 4. The molecule has 31 heavy (non-hydrogen) atoms. The summed E-state index contributed by atoms with van der Waals surface area (Å²) in [5, 5.41) is 0.444. The first-order valence-electron chi connectivity index (χ1n) is 9.65. The number of amides is 1. The summed E-state index contributed by atoms with van der Waals surface area (Å²) in [5.74, 6) is -0.487. The van der Waals surface area contributed by atoms with Gasteiger partial charge in [0.05, 0.1) is 10.5 Å². The Morgan fingerprint density at radius 1 is 1.06 bits per heavy atom. The highest BCUT2D eigenvalue weighted by Gasteiger charge is 2.33. The third-order valence-corrected chi connectivity index (χ3v) is 7.50. The van der Waals surface area contributed by atoms with Crippen molar-refractivity contribution in [2.24, 2.45) is 5.92 Å². The molecule has 10 heteroatoms. The molecule has 1 amide bonds. The predicted molar refractivity (Wildman–Crippen MR) is 111 cm³/mol. The molecule has 0 bridgehead atoms. The molecular weight excluding hydrogens is 453 g/mol. The SMILES string of the molecule is CN(Cc1ccc(C(F)(F)F)cc1)C(=O)C1CCN(S(=O)(=O)c2ccc(Cl)cc2)CC1. The van der Waals surface area contributed by atoms with Crippen LogP contribution in [0.15, 0.2) is 53.4 Å². The molecule has 0 saturated carbocycles. The molecule has 0 N–H and O–H groups in total. The number of hydrogen-bond acceptors (Lipinski definition) is 3. The molecule has 2 aromatic carbocycles. The first-order chi connectivity index (χ1) is 14.5. The molecule has 0 radical (unpaired) electrons. The Morgan fingerprint density at radius 3 is 2.13 bits per heavy atom. The molecule has 0 atom stereocenters. The number of sulfonamides is 1. The van der Waals surface area contributed by atoms with Crippen LogP contribution in [0.4, 0.5) is 13.2 Å². The fraction of sp³-hybridized carbons (Fsp3) is 0.381. The molecule has 3 rings (SSSR count). The molecule has 1 fully saturated rings. The molecule has 0 unspecified atom stereocenters. The van der Waals surface area contributed by atoms with Gasteiger partial charge in [-0.2, -0.15) is 17.5 Å². The topological polar surface area (TPSA) is 57.7 Å². The Balaban J connectivity index is 1.57. The predicted octanol–water partition coefficient (Wildman–Crippen LogP) is 4.42. The van der Waals surface area contributed by atoms with Crippen LogP contribution in [0.1, 0.15) is 24.0 Å². The lowest BCUT2D eigenvalue weighted by Gasteiger charge is -2.32. The summed E-state index contributed by atoms with van der Waals surface area (Å²) in [6, 6.07) is 10.6. The Labute approximate surface area is 184 Å². The second kappa shape index (κ2) is 9.18. The number of piperidine rings is 1. The standard InChI is InChI=1S/C21H22ClF3N2O3S/c1-26(14-15-2-4-17(5-3-15)21(23,24)25)20(28)16-10-12-27(13-11-16)31(29,30)19-8-6-18(22)7-9-19/h2-9,16H,10-14H2,1H3. The van der Waals surface area contributed by atoms with Gasteiger partial charge in [0.2, 0.25) is 15.9 Å². The van der Waals surface area contributed by atoms with Gasteiger partial charge in [0, 0.05) is 37.6 Å². The van der Waals surface area contributed by atoms with E-state index in [1.165, 1.54) is 45.6 Å². The molecule has 5 nitrogen and oxygen atoms in total. The van der Waals surface area contributed by atoms with Gasteiger partial charge in [0.25, 0.3) is 0 Å². The van der Waals surface area contributed by atoms with Crippen LogP contribution < -0.4 is 0 Å². The Bertz CT molecular complexity index is 1020. The van der Waals surface area contributed by atoms with E-state index < -0.39 is 21.8 Å². The minimum absolute atomic E-state index is 0.150. The number of carbonyl (C=O) groups is 1. The van der Waals surface area contributed by atoms with Crippen molar-refractivity contribution < 1.29 is 26.4 Å². The summed E-state index contributed by atoms with van der Waals surface area (Å²) < 4.78 is 64.9. The maximum absolute atomic E-state index is 12.8. The van der Waals surface area contributed by atoms with Crippen LogP contribution in [0.2, 0.25) is 5.02 Å². The number of rotatable bonds is 5. The average Bonchev–Trinajstić information content (AvgIpc) is 2.73. The van der Waals surface area contributed by atoms with E-state index in [2.05, 4.69) is 0 Å². The van der Waals surface area contributed by atoms with E-state index in [-0.39, 0.29) is 36.4 Å². The van der Waals surface area contributed by atoms with Crippen LogP contribution in [0, 0.1) is 5.92 Å². The number of nitrogens with zero attached hydrogens (tertiary/aromatic N) is 2. The third-order valence-electron chi connectivity index (χ3n) is 5.33. The quantitative estimate of drug-likeness (QED) is 0.644. The van der Waals surface area contributed by atoms with Crippen LogP contribution in [-0.4, -0.2) is 43.7 Å². The fourth-order valence-corrected chi connectivity index (χ4v) is 5.16. The van der Waals surface area contributed by atoms with Crippen LogP contribution in [-0.2, 0) is 27.5 Å². The zero-order valence-corrected chi connectivity index (χ0v) is 18.3. The van der Waals surface area contributed by atoms with E-state index in [4.69, 9.17) is 11.6 Å². The molecule has 2 aromatic rings. The van der Waals surface area contributed by atoms with Gasteiger partial charge >= 0.3 is 6.18 Å². The highest BCUT2D eigenvalue weighted by atomic mass is 35.5. The van der Waals surface area contributed by atoms with Crippen molar-refractivity contribution in [2.75, 3.05) is 20.1 Å². The summed E-state index contributed by atoms with van der Waals surface area (Å²) in [7, 11) is -2.06. The minimum Gasteiger partial charge on any atom is -0.341 e. The number of benzene rings is 2. The minimum atomic E-state index is -4.40. The number of alkyl halides is 3. The van der Waals surface area contributed by atoms with Gasteiger partial charge in [-0.25, -0.2) is 8.42 Å². The summed E-state index contributed by atoms with van der Waals surface area (Å²) in [4.78, 5) is 14.4. The zero-order valence-electron chi connectivity index (χ0n) is 16.8. The lowest BCUT2D eigenvalue weighted by atomic mass is 9.96. The molecule has 0 aliphatic carbocycles. The molecule has 1 aliphatic rings. The first kappa shape index (κ1) is 23.6. The third kappa shape index (κ3) is 5.58. The average molecular weight is 475 g/mol. The molecule has 1 heterocycles. The van der Waals surface area contributed by atoms with E-state index in [1.54, 1.807) is 7.05 Å². The number of hydrogen-bond donors (Lipinski definition) is 0. The summed E-state index contributed by atoms with van der Waals surface area (Å²) in [6.07, 6.45) is -3.65. The highest BCUT2D eigenvalue weighted by molar-refractivity contribution is 7.89. The summed E-state index contributed by atoms with van der Waals surface area (Å²) >= 11 is 5.82. The monoisotopic (exact) mass is 474 g/mol. The zero-order chi connectivity index (χ0) is 22.8. The summed E-state index contributed by atoms with van der Waals surface area (Å²) in [5.41, 5.74) is -0.147. The van der Waals surface area contributed by atoms with Crippen molar-refractivity contribution in [1.82, 2.24) is 9.21 Å². The van der Waals surface area contributed by atoms with Crippen molar-refractivity contribution in [1.29, 1.82) is 0 Å². The van der Waals surface area contributed by atoms with E-state index in [0.717, 1.165) is 12.1 Å². The van der Waals surface area contributed by atoms with E-state index in [0.29, 0.717) is 23.4 Å². The Hall–Kier alpha value is -2.10. The van der Waals surface area contributed by atoms with Crippen LogP contribution in [0.5, 0.6) is 0 Å². The molecule has 1 aliphatic heterocycles. The van der Waals surface area contributed by atoms with Crippen molar-refractivity contribution in [2.45, 2.75) is 30.5 Å². The van der Waals surface area contributed by atoms with Crippen molar-refractivity contribution in [3.63, 3.8) is 0 Å². The second-order valence-electron chi connectivity index (χ2n) is 7.52. The van der Waals surface area contributed by atoms with Crippen molar-refractivity contribution in [3.8, 4) is 0 Å². The maximum atomic E-state index is 12.8. The van der Waals surface area contributed by atoms with Crippen molar-refractivity contribution in [3.05, 3.63) is 64.7 Å². The van der Waals surface area contributed by atoms with Crippen molar-refractivity contribution >= 4 is 27.5 Å². The largest absolute Gasteiger partial charge is 0.416 e. The Kier molecular flexibility index (Phi) is 6.98. The molecular formula is C21H22ClF3N2O3S. The highest BCUT2D eigenvalue weighted by Crippen LogP contribution is 2.30. The van der Waals surface area contributed by atoms with E-state index in [1.807, 2.05) is 0 Å². The van der Waals surface area contributed by atoms with Gasteiger partial charge in [-0.15, -0.1) is 0 Å². The molecule has 0 spiro atoms. The van der Waals surface area contributed by atoms with Gasteiger partial charge < -0.3 is 4.90 Å². The van der Waals surface area contributed by atoms with Gasteiger partial charge in [0.15, 0.2) is 0 Å². The smallest absolute Gasteiger partial charge is 0.341 e. The van der Waals surface area contributed by atoms with Gasteiger partial charge in [0.1, 0.15) is 0 Å². The van der Waals surface area contributed by atoms with Crippen LogP contribution >= 0.6 is 11.6 Å². The van der Waals surface area contributed by atoms with Gasteiger partial charge in [-0.3, -0.25) is 4.79 Å². The maximum Gasteiger partial charge on any atom is 0.416 e. The molecule has 168 valence electrons. The lowest BCUT2D eigenvalue weighted by Crippen LogP contribution is -2.43. The molecule has 1 saturated heterocycles.